The average Bonchev–Trinajstić information content (AvgIpc) is 2.56. The quantitative estimate of drug-likeness (QED) is 0.405. The van der Waals surface area contributed by atoms with E-state index >= 15 is 0 Å². The van der Waals surface area contributed by atoms with Crippen LogP contribution < -0.4 is 5.32 Å². The lowest BCUT2D eigenvalue weighted by atomic mass is 10.1. The largest absolute Gasteiger partial charge is 0.325 e. The number of aryl methyl sites for hydroxylation is 2. The minimum absolute atomic E-state index is 0.0283. The minimum atomic E-state index is 0.0283. The second-order valence-corrected chi connectivity index (χ2v) is 8.05. The van der Waals surface area contributed by atoms with Crippen LogP contribution in [0.1, 0.15) is 11.1 Å². The first kappa shape index (κ1) is 17.3. The van der Waals surface area contributed by atoms with Gasteiger partial charge in [0.25, 0.3) is 0 Å². The highest BCUT2D eigenvalue weighted by Crippen LogP contribution is 2.26. The van der Waals surface area contributed by atoms with Gasteiger partial charge in [0.1, 0.15) is 0 Å². The Balaban J connectivity index is 1.67. The van der Waals surface area contributed by atoms with Crippen molar-refractivity contribution in [2.75, 3.05) is 11.1 Å². The minimum Gasteiger partial charge on any atom is -0.325 e. The number of hydrogen-bond acceptors (Lipinski definition) is 2. The maximum Gasteiger partial charge on any atom is 0.234 e. The van der Waals surface area contributed by atoms with Crippen LogP contribution >= 0.6 is 34.4 Å². The summed E-state index contributed by atoms with van der Waals surface area (Å²) in [5, 5.41) is 5.47. The van der Waals surface area contributed by atoms with Gasteiger partial charge in [0, 0.05) is 14.2 Å². The van der Waals surface area contributed by atoms with Crippen molar-refractivity contribution < 1.29 is 4.79 Å². The van der Waals surface area contributed by atoms with Gasteiger partial charge in [-0.2, -0.15) is 0 Å². The second kappa shape index (κ2) is 7.57. The van der Waals surface area contributed by atoms with Crippen molar-refractivity contribution in [2.45, 2.75) is 18.7 Å². The predicted molar refractivity (Wildman–Crippen MR) is 112 cm³/mol. The van der Waals surface area contributed by atoms with Gasteiger partial charge in [-0.3, -0.25) is 4.79 Å². The molecule has 0 spiro atoms. The van der Waals surface area contributed by atoms with E-state index in [0.717, 1.165) is 21.7 Å². The lowest BCUT2D eigenvalue weighted by Crippen LogP contribution is -2.15. The molecule has 1 amide bonds. The standard InChI is InChI=1S/C20H18INOS/c1-13-9-17(21)10-14(2)20(13)22-19(23)12-24-18-8-7-15-5-3-4-6-16(15)11-18/h3-11H,12H2,1-2H3,(H,22,23). The van der Waals surface area contributed by atoms with Gasteiger partial charge >= 0.3 is 0 Å². The predicted octanol–water partition coefficient (Wildman–Crippen LogP) is 5.79. The molecule has 0 saturated carbocycles. The topological polar surface area (TPSA) is 29.1 Å². The molecule has 0 radical (unpaired) electrons. The van der Waals surface area contributed by atoms with E-state index in [1.54, 1.807) is 11.8 Å². The van der Waals surface area contributed by atoms with Gasteiger partial charge in [0.2, 0.25) is 5.91 Å². The molecule has 0 saturated heterocycles. The number of amides is 1. The van der Waals surface area contributed by atoms with Crippen molar-refractivity contribution in [1.29, 1.82) is 0 Å². The Morgan fingerprint density at radius 3 is 2.38 bits per heavy atom. The molecule has 3 rings (SSSR count). The Labute approximate surface area is 160 Å². The number of rotatable bonds is 4. The van der Waals surface area contributed by atoms with Crippen LogP contribution in [0.2, 0.25) is 0 Å². The van der Waals surface area contributed by atoms with Crippen LogP contribution in [0.5, 0.6) is 0 Å². The smallest absolute Gasteiger partial charge is 0.234 e. The van der Waals surface area contributed by atoms with E-state index in [1.807, 2.05) is 26.0 Å². The van der Waals surface area contributed by atoms with E-state index in [1.165, 1.54) is 14.3 Å². The zero-order valence-electron chi connectivity index (χ0n) is 13.6. The molecule has 1 N–H and O–H groups in total. The molecule has 3 aromatic rings. The molecule has 2 nitrogen and oxygen atoms in total. The van der Waals surface area contributed by atoms with Crippen molar-refractivity contribution in [3.05, 3.63) is 69.3 Å². The van der Waals surface area contributed by atoms with Crippen LogP contribution in [-0.2, 0) is 4.79 Å². The summed E-state index contributed by atoms with van der Waals surface area (Å²) in [7, 11) is 0. The van der Waals surface area contributed by atoms with E-state index in [4.69, 9.17) is 0 Å². The molecular weight excluding hydrogens is 429 g/mol. The van der Waals surface area contributed by atoms with Gasteiger partial charge in [-0.1, -0.05) is 30.3 Å². The summed E-state index contributed by atoms with van der Waals surface area (Å²) in [4.78, 5) is 13.4. The number of carbonyl (C=O) groups excluding carboxylic acids is 1. The number of halogens is 1. The summed E-state index contributed by atoms with van der Waals surface area (Å²) in [5.41, 5.74) is 3.13. The first-order valence-electron chi connectivity index (χ1n) is 7.71. The first-order chi connectivity index (χ1) is 11.5. The number of benzene rings is 3. The van der Waals surface area contributed by atoms with Crippen molar-refractivity contribution in [1.82, 2.24) is 0 Å². The molecule has 0 aromatic heterocycles. The fourth-order valence-corrected chi connectivity index (χ4v) is 4.37. The van der Waals surface area contributed by atoms with Gasteiger partial charge in [-0.25, -0.2) is 0 Å². The summed E-state index contributed by atoms with van der Waals surface area (Å²) in [6, 6.07) is 18.7. The molecular formula is C20H18INOS. The zero-order valence-corrected chi connectivity index (χ0v) is 16.6. The van der Waals surface area contributed by atoms with Crippen LogP contribution in [0.4, 0.5) is 5.69 Å². The maximum atomic E-state index is 12.3. The van der Waals surface area contributed by atoms with Crippen LogP contribution in [0, 0.1) is 17.4 Å². The highest BCUT2D eigenvalue weighted by atomic mass is 127. The molecule has 0 aliphatic heterocycles. The Morgan fingerprint density at radius 2 is 1.67 bits per heavy atom. The number of anilines is 1. The van der Waals surface area contributed by atoms with Gasteiger partial charge in [0.15, 0.2) is 0 Å². The lowest BCUT2D eigenvalue weighted by molar-refractivity contribution is -0.113. The molecule has 0 fully saturated rings. The second-order valence-electron chi connectivity index (χ2n) is 5.76. The van der Waals surface area contributed by atoms with Crippen LogP contribution in [0.25, 0.3) is 10.8 Å². The lowest BCUT2D eigenvalue weighted by Gasteiger charge is -2.12. The number of thioether (sulfide) groups is 1. The summed E-state index contributed by atoms with van der Waals surface area (Å²) in [6.07, 6.45) is 0. The molecule has 3 aromatic carbocycles. The van der Waals surface area contributed by atoms with Gasteiger partial charge in [0.05, 0.1) is 5.75 Å². The van der Waals surface area contributed by atoms with Crippen molar-refractivity contribution in [3.8, 4) is 0 Å². The molecule has 4 heteroatoms. The highest BCUT2D eigenvalue weighted by Gasteiger charge is 2.09. The highest BCUT2D eigenvalue weighted by molar-refractivity contribution is 14.1. The average molecular weight is 447 g/mol. The third-order valence-electron chi connectivity index (χ3n) is 3.85. The molecule has 24 heavy (non-hydrogen) atoms. The molecule has 122 valence electrons. The third-order valence-corrected chi connectivity index (χ3v) is 5.47. The van der Waals surface area contributed by atoms with E-state index in [0.29, 0.717) is 5.75 Å². The van der Waals surface area contributed by atoms with E-state index < -0.39 is 0 Å². The van der Waals surface area contributed by atoms with Gasteiger partial charge in [-0.05, 0) is 82.6 Å². The third kappa shape index (κ3) is 4.11. The fourth-order valence-electron chi connectivity index (χ4n) is 2.69. The molecule has 0 aliphatic rings. The normalized spacial score (nSPS) is 10.8. The van der Waals surface area contributed by atoms with Gasteiger partial charge < -0.3 is 5.32 Å². The Morgan fingerprint density at radius 1 is 1.00 bits per heavy atom. The van der Waals surface area contributed by atoms with Crippen molar-refractivity contribution in [3.63, 3.8) is 0 Å². The molecule has 0 aliphatic carbocycles. The Kier molecular flexibility index (Phi) is 5.46. The number of fused-ring (bicyclic) bond motifs is 1. The van der Waals surface area contributed by atoms with E-state index in [-0.39, 0.29) is 5.91 Å². The fraction of sp³-hybridized carbons (Fsp3) is 0.150. The monoisotopic (exact) mass is 447 g/mol. The molecule has 0 heterocycles. The Bertz CT molecular complexity index is 884. The summed E-state index contributed by atoms with van der Waals surface area (Å²) in [6.45, 7) is 4.06. The number of nitrogens with one attached hydrogen (secondary N) is 1. The first-order valence-corrected chi connectivity index (χ1v) is 9.77. The summed E-state index contributed by atoms with van der Waals surface area (Å²) in [5.74, 6) is 0.434. The van der Waals surface area contributed by atoms with E-state index in [9.17, 15) is 4.79 Å². The summed E-state index contributed by atoms with van der Waals surface area (Å²) >= 11 is 3.86. The maximum absolute atomic E-state index is 12.3. The van der Waals surface area contributed by atoms with Gasteiger partial charge in [-0.15, -0.1) is 11.8 Å². The SMILES string of the molecule is Cc1cc(I)cc(C)c1NC(=O)CSc1ccc2ccccc2c1. The Hall–Kier alpha value is -1.53. The van der Waals surface area contributed by atoms with Crippen molar-refractivity contribution >= 4 is 56.7 Å². The number of carbonyl (C=O) groups is 1. The molecule has 0 bridgehead atoms. The van der Waals surface area contributed by atoms with Crippen LogP contribution in [0.3, 0.4) is 0 Å². The van der Waals surface area contributed by atoms with Crippen molar-refractivity contribution in [2.24, 2.45) is 0 Å². The van der Waals surface area contributed by atoms with Crippen LogP contribution in [-0.4, -0.2) is 11.7 Å². The van der Waals surface area contributed by atoms with E-state index in [2.05, 4.69) is 70.4 Å². The molecule has 0 unspecified atom stereocenters. The summed E-state index contributed by atoms with van der Waals surface area (Å²) < 4.78 is 1.19. The number of hydrogen-bond donors (Lipinski definition) is 1. The van der Waals surface area contributed by atoms with Crippen LogP contribution in [0.15, 0.2) is 59.5 Å². The molecule has 0 atom stereocenters. The zero-order chi connectivity index (χ0) is 17.1.